The number of thioether (sulfide) groups is 1. The van der Waals surface area contributed by atoms with Crippen molar-refractivity contribution >= 4 is 35.6 Å². The minimum atomic E-state index is -0.898. The van der Waals surface area contributed by atoms with E-state index in [0.717, 1.165) is 5.56 Å². The van der Waals surface area contributed by atoms with Gasteiger partial charge in [-0.3, -0.25) is 14.9 Å². The van der Waals surface area contributed by atoms with Gasteiger partial charge in [-0.05, 0) is 41.5 Å². The van der Waals surface area contributed by atoms with Crippen molar-refractivity contribution in [2.24, 2.45) is 0 Å². The number of urea groups is 1. The third-order valence-electron chi connectivity index (χ3n) is 4.04. The number of esters is 1. The summed E-state index contributed by atoms with van der Waals surface area (Å²) in [5.74, 6) is -1.27. The summed E-state index contributed by atoms with van der Waals surface area (Å²) in [4.78, 5) is 47.5. The Hall–Kier alpha value is -2.55. The van der Waals surface area contributed by atoms with Gasteiger partial charge < -0.3 is 15.4 Å². The smallest absolute Gasteiger partial charge is 0.329 e. The molecule has 160 valence electrons. The van der Waals surface area contributed by atoms with Crippen molar-refractivity contribution < 1.29 is 23.9 Å². The van der Waals surface area contributed by atoms with E-state index in [1.807, 2.05) is 23.7 Å². The summed E-state index contributed by atoms with van der Waals surface area (Å²) < 4.78 is 4.95. The second-order valence-electron chi connectivity index (χ2n) is 7.37. The lowest BCUT2D eigenvalue weighted by atomic mass is 9.86. The molecular formula is C20H29N3O5S. The first-order valence-electron chi connectivity index (χ1n) is 9.17. The number of carbonyl (C=O) groups is 4. The second kappa shape index (κ2) is 11.5. The summed E-state index contributed by atoms with van der Waals surface area (Å²) >= 11 is 1.52. The van der Waals surface area contributed by atoms with Gasteiger partial charge in [-0.1, -0.05) is 32.9 Å². The number of ether oxygens (including phenoxy) is 1. The third kappa shape index (κ3) is 8.55. The lowest BCUT2D eigenvalue weighted by Crippen LogP contribution is -2.44. The first-order valence-corrected chi connectivity index (χ1v) is 10.6. The molecule has 9 heteroatoms. The molecule has 3 N–H and O–H groups in total. The monoisotopic (exact) mass is 423 g/mol. The number of carbonyl (C=O) groups excluding carboxylic acids is 4. The maximum absolute atomic E-state index is 12.5. The minimum absolute atomic E-state index is 0.0328. The van der Waals surface area contributed by atoms with Gasteiger partial charge in [-0.25, -0.2) is 9.59 Å². The molecule has 1 aromatic carbocycles. The Morgan fingerprint density at radius 3 is 2.24 bits per heavy atom. The molecule has 4 amide bonds. The second-order valence-corrected chi connectivity index (χ2v) is 8.36. The highest BCUT2D eigenvalue weighted by molar-refractivity contribution is 7.98. The molecule has 0 saturated carbocycles. The van der Waals surface area contributed by atoms with Gasteiger partial charge in [0.15, 0.2) is 6.61 Å². The van der Waals surface area contributed by atoms with E-state index in [2.05, 4.69) is 31.4 Å². The van der Waals surface area contributed by atoms with E-state index >= 15 is 0 Å². The van der Waals surface area contributed by atoms with Crippen molar-refractivity contribution in [2.75, 3.05) is 25.7 Å². The van der Waals surface area contributed by atoms with Crippen LogP contribution in [0.3, 0.4) is 0 Å². The first kappa shape index (κ1) is 24.5. The van der Waals surface area contributed by atoms with Crippen LogP contribution in [0, 0.1) is 0 Å². The first-order chi connectivity index (χ1) is 13.6. The van der Waals surface area contributed by atoms with E-state index in [0.29, 0.717) is 17.7 Å². The maximum Gasteiger partial charge on any atom is 0.329 e. The number of nitrogens with one attached hydrogen (secondary N) is 3. The quantitative estimate of drug-likeness (QED) is 0.550. The zero-order valence-electron chi connectivity index (χ0n) is 17.5. The average molecular weight is 424 g/mol. The fraction of sp³-hybridized carbons (Fsp3) is 0.500. The summed E-state index contributed by atoms with van der Waals surface area (Å²) in [5, 5.41) is 6.88. The Balaban J connectivity index is 2.74. The zero-order chi connectivity index (χ0) is 22.0. The van der Waals surface area contributed by atoms with Crippen LogP contribution in [0.4, 0.5) is 4.79 Å². The van der Waals surface area contributed by atoms with Crippen molar-refractivity contribution in [3.63, 3.8) is 0 Å². The van der Waals surface area contributed by atoms with Crippen LogP contribution in [-0.2, 0) is 19.7 Å². The van der Waals surface area contributed by atoms with Gasteiger partial charge in [0, 0.05) is 12.6 Å². The molecule has 0 heterocycles. The van der Waals surface area contributed by atoms with Crippen LogP contribution in [0.2, 0.25) is 0 Å². The normalized spacial score (nSPS) is 11.9. The molecule has 0 aliphatic rings. The summed E-state index contributed by atoms with van der Waals surface area (Å²) in [6.45, 7) is 5.63. The molecule has 8 nitrogen and oxygen atoms in total. The molecule has 0 spiro atoms. The van der Waals surface area contributed by atoms with Gasteiger partial charge in [0.1, 0.15) is 6.04 Å². The van der Waals surface area contributed by atoms with E-state index in [-0.39, 0.29) is 5.41 Å². The van der Waals surface area contributed by atoms with Crippen molar-refractivity contribution in [2.45, 2.75) is 38.6 Å². The molecule has 0 saturated heterocycles. The van der Waals surface area contributed by atoms with E-state index in [1.165, 1.54) is 18.8 Å². The molecule has 1 atom stereocenters. The highest BCUT2D eigenvalue weighted by Crippen LogP contribution is 2.22. The SMILES string of the molecule is CNC(=O)NC(=O)COC(=O)[C@@H](CCSC)NC(=O)c1ccc(C(C)(C)C)cc1. The van der Waals surface area contributed by atoms with Gasteiger partial charge in [0.05, 0.1) is 0 Å². The Bertz CT molecular complexity index is 729. The summed E-state index contributed by atoms with van der Waals surface area (Å²) in [6.07, 6.45) is 2.23. The Morgan fingerprint density at radius 1 is 1.10 bits per heavy atom. The van der Waals surface area contributed by atoms with Gasteiger partial charge in [0.25, 0.3) is 11.8 Å². The van der Waals surface area contributed by atoms with Crippen LogP contribution in [-0.4, -0.2) is 55.5 Å². The number of rotatable bonds is 8. The molecule has 29 heavy (non-hydrogen) atoms. The van der Waals surface area contributed by atoms with E-state index in [4.69, 9.17) is 4.74 Å². The Kier molecular flexibility index (Phi) is 9.67. The van der Waals surface area contributed by atoms with E-state index in [1.54, 1.807) is 12.1 Å². The molecule has 0 aliphatic heterocycles. The molecular weight excluding hydrogens is 394 g/mol. The molecule has 1 rings (SSSR count). The van der Waals surface area contributed by atoms with Crippen LogP contribution in [0.5, 0.6) is 0 Å². The highest BCUT2D eigenvalue weighted by Gasteiger charge is 2.24. The molecule has 0 aliphatic carbocycles. The number of imide groups is 1. The fourth-order valence-electron chi connectivity index (χ4n) is 2.31. The number of amides is 4. The van der Waals surface area contributed by atoms with Crippen LogP contribution in [0.25, 0.3) is 0 Å². The van der Waals surface area contributed by atoms with Crippen LogP contribution in [0.1, 0.15) is 43.1 Å². The van der Waals surface area contributed by atoms with Crippen molar-refractivity contribution in [3.8, 4) is 0 Å². The largest absolute Gasteiger partial charge is 0.454 e. The highest BCUT2D eigenvalue weighted by atomic mass is 32.2. The summed E-state index contributed by atoms with van der Waals surface area (Å²) in [6, 6.07) is 5.59. The summed E-state index contributed by atoms with van der Waals surface area (Å²) in [5.41, 5.74) is 1.49. The van der Waals surface area contributed by atoms with Crippen molar-refractivity contribution in [1.82, 2.24) is 16.0 Å². The van der Waals surface area contributed by atoms with Crippen molar-refractivity contribution in [1.29, 1.82) is 0 Å². The van der Waals surface area contributed by atoms with Gasteiger partial charge in [-0.15, -0.1) is 0 Å². The molecule has 0 fully saturated rings. The lowest BCUT2D eigenvalue weighted by molar-refractivity contribution is -0.150. The third-order valence-corrected chi connectivity index (χ3v) is 4.68. The van der Waals surface area contributed by atoms with Crippen LogP contribution in [0.15, 0.2) is 24.3 Å². The van der Waals surface area contributed by atoms with Gasteiger partial charge in [-0.2, -0.15) is 11.8 Å². The lowest BCUT2D eigenvalue weighted by Gasteiger charge is -2.20. The molecule has 1 aromatic rings. The van der Waals surface area contributed by atoms with Crippen LogP contribution < -0.4 is 16.0 Å². The van der Waals surface area contributed by atoms with Crippen molar-refractivity contribution in [3.05, 3.63) is 35.4 Å². The topological polar surface area (TPSA) is 114 Å². The van der Waals surface area contributed by atoms with Gasteiger partial charge in [0.2, 0.25) is 0 Å². The van der Waals surface area contributed by atoms with E-state index < -0.39 is 36.5 Å². The average Bonchev–Trinajstić information content (AvgIpc) is 2.68. The molecule has 0 bridgehead atoms. The Morgan fingerprint density at radius 2 is 1.72 bits per heavy atom. The number of hydrogen-bond acceptors (Lipinski definition) is 6. The standard InChI is InChI=1S/C20H29N3O5S/c1-20(2,3)14-8-6-13(7-9-14)17(25)22-15(10-11-29-5)18(26)28-12-16(24)23-19(27)21-4/h6-9,15H,10-12H2,1-5H3,(H,22,25)(H2,21,23,24,27)/t15-/m1/s1. The summed E-state index contributed by atoms with van der Waals surface area (Å²) in [7, 11) is 1.36. The zero-order valence-corrected chi connectivity index (χ0v) is 18.3. The number of hydrogen-bond donors (Lipinski definition) is 3. The Labute approximate surface area is 175 Å². The van der Waals surface area contributed by atoms with Crippen LogP contribution >= 0.6 is 11.8 Å². The fourth-order valence-corrected chi connectivity index (χ4v) is 2.78. The van der Waals surface area contributed by atoms with E-state index in [9.17, 15) is 19.2 Å². The minimum Gasteiger partial charge on any atom is -0.454 e. The predicted octanol–water partition coefficient (Wildman–Crippen LogP) is 1.83. The predicted molar refractivity (Wildman–Crippen MR) is 113 cm³/mol. The molecule has 0 radical (unpaired) electrons. The molecule has 0 unspecified atom stereocenters. The maximum atomic E-state index is 12.5. The van der Waals surface area contributed by atoms with Gasteiger partial charge >= 0.3 is 12.0 Å². The number of benzene rings is 1. The molecule has 0 aromatic heterocycles.